The van der Waals surface area contributed by atoms with Crippen LogP contribution in [-0.4, -0.2) is 23.2 Å². The zero-order valence-electron chi connectivity index (χ0n) is 13.6. The smallest absolute Gasteiger partial charge is 0.244 e. The molecule has 0 aliphatic rings. The van der Waals surface area contributed by atoms with Crippen LogP contribution in [0.25, 0.3) is 10.6 Å². The number of aryl methyl sites for hydroxylation is 2. The van der Waals surface area contributed by atoms with Crippen LogP contribution in [0.4, 0.5) is 0 Å². The zero-order chi connectivity index (χ0) is 17.3. The molecule has 0 amide bonds. The molecule has 8 heteroatoms. The lowest BCUT2D eigenvalue weighted by atomic mass is 10.2. The molecule has 0 saturated carbocycles. The molecule has 1 N–H and O–H groups in total. The number of nitrogens with one attached hydrogen (secondary N) is 1. The Morgan fingerprint density at radius 3 is 2.71 bits per heavy atom. The molecule has 6 nitrogen and oxygen atoms in total. The van der Waals surface area contributed by atoms with Crippen LogP contribution in [0, 0.1) is 13.8 Å². The first-order chi connectivity index (χ1) is 11.4. The fourth-order valence-electron chi connectivity index (χ4n) is 2.54. The van der Waals surface area contributed by atoms with Crippen LogP contribution < -0.4 is 4.72 Å². The molecular formula is C16H18N4O2S2. The van der Waals surface area contributed by atoms with Gasteiger partial charge in [0.1, 0.15) is 4.90 Å². The van der Waals surface area contributed by atoms with Crippen LogP contribution in [0.5, 0.6) is 0 Å². The predicted molar refractivity (Wildman–Crippen MR) is 94.3 cm³/mol. The Kier molecular flexibility index (Phi) is 4.53. The second-order valence-electron chi connectivity index (χ2n) is 5.47. The molecule has 0 bridgehead atoms. The third kappa shape index (κ3) is 3.26. The summed E-state index contributed by atoms with van der Waals surface area (Å²) in [5, 5.41) is 6.16. The Morgan fingerprint density at radius 1 is 1.29 bits per heavy atom. The van der Waals surface area contributed by atoms with Gasteiger partial charge in [0.2, 0.25) is 10.0 Å². The van der Waals surface area contributed by atoms with Crippen molar-refractivity contribution < 1.29 is 8.42 Å². The molecule has 3 aromatic heterocycles. The summed E-state index contributed by atoms with van der Waals surface area (Å²) in [5.41, 5.74) is 2.82. The van der Waals surface area contributed by atoms with Gasteiger partial charge in [-0.05, 0) is 43.0 Å². The predicted octanol–water partition coefficient (Wildman–Crippen LogP) is 2.64. The SMILES string of the molecule is Cc1nn(C)c(C)c1S(=O)(=O)NCc1ccnc(-c2cccs2)c1. The first-order valence-electron chi connectivity index (χ1n) is 7.37. The molecule has 0 fully saturated rings. The molecule has 0 aliphatic heterocycles. The summed E-state index contributed by atoms with van der Waals surface area (Å²) in [7, 11) is -1.88. The minimum absolute atomic E-state index is 0.205. The van der Waals surface area contributed by atoms with Crippen molar-refractivity contribution in [3.05, 3.63) is 52.8 Å². The molecule has 3 rings (SSSR count). The number of nitrogens with zero attached hydrogens (tertiary/aromatic N) is 3. The fraction of sp³-hybridized carbons (Fsp3) is 0.250. The van der Waals surface area contributed by atoms with E-state index in [4.69, 9.17) is 0 Å². The van der Waals surface area contributed by atoms with Crippen molar-refractivity contribution in [1.29, 1.82) is 0 Å². The lowest BCUT2D eigenvalue weighted by molar-refractivity contribution is 0.579. The molecule has 0 aliphatic carbocycles. The summed E-state index contributed by atoms with van der Waals surface area (Å²) in [6.45, 7) is 3.65. The Bertz CT molecular complexity index is 960. The molecule has 0 saturated heterocycles. The molecule has 0 radical (unpaired) electrons. The van der Waals surface area contributed by atoms with E-state index in [1.54, 1.807) is 43.1 Å². The van der Waals surface area contributed by atoms with Gasteiger partial charge in [-0.15, -0.1) is 11.3 Å². The topological polar surface area (TPSA) is 76.9 Å². The number of aromatic nitrogens is 3. The highest BCUT2D eigenvalue weighted by Gasteiger charge is 2.23. The van der Waals surface area contributed by atoms with Gasteiger partial charge in [0.25, 0.3) is 0 Å². The first kappa shape index (κ1) is 16.8. The average molecular weight is 362 g/mol. The van der Waals surface area contributed by atoms with Crippen molar-refractivity contribution in [2.75, 3.05) is 0 Å². The monoisotopic (exact) mass is 362 g/mol. The van der Waals surface area contributed by atoms with Crippen LogP contribution in [0.2, 0.25) is 0 Å². The largest absolute Gasteiger partial charge is 0.271 e. The van der Waals surface area contributed by atoms with E-state index >= 15 is 0 Å². The number of hydrogen-bond acceptors (Lipinski definition) is 5. The molecule has 0 unspecified atom stereocenters. The van der Waals surface area contributed by atoms with Crippen LogP contribution in [0.3, 0.4) is 0 Å². The highest BCUT2D eigenvalue weighted by molar-refractivity contribution is 7.89. The Morgan fingerprint density at radius 2 is 2.08 bits per heavy atom. The number of sulfonamides is 1. The van der Waals surface area contributed by atoms with Gasteiger partial charge in [0.15, 0.2) is 0 Å². The van der Waals surface area contributed by atoms with Gasteiger partial charge in [0.05, 0.1) is 22.0 Å². The molecule has 0 atom stereocenters. The summed E-state index contributed by atoms with van der Waals surface area (Å²) in [6, 6.07) is 7.66. The second-order valence-corrected chi connectivity index (χ2v) is 8.13. The number of pyridine rings is 1. The summed E-state index contributed by atoms with van der Waals surface area (Å²) < 4.78 is 29.4. The highest BCUT2D eigenvalue weighted by Crippen LogP contribution is 2.23. The van der Waals surface area contributed by atoms with E-state index in [1.165, 1.54) is 0 Å². The molecule has 126 valence electrons. The van der Waals surface area contributed by atoms with E-state index in [-0.39, 0.29) is 11.4 Å². The first-order valence-corrected chi connectivity index (χ1v) is 9.73. The van der Waals surface area contributed by atoms with E-state index in [1.807, 2.05) is 29.6 Å². The van der Waals surface area contributed by atoms with Crippen molar-refractivity contribution in [1.82, 2.24) is 19.5 Å². The quantitative estimate of drug-likeness (QED) is 0.757. The Balaban J connectivity index is 1.82. The standard InChI is InChI=1S/C16H18N4O2S2/c1-11-16(12(2)20(3)19-11)24(21,22)18-10-13-6-7-17-14(9-13)15-5-4-8-23-15/h4-9,18H,10H2,1-3H3. The second kappa shape index (κ2) is 6.46. The summed E-state index contributed by atoms with van der Waals surface area (Å²) in [5.74, 6) is 0. The molecule has 0 spiro atoms. The third-order valence-corrected chi connectivity index (χ3v) is 6.32. The van der Waals surface area contributed by atoms with Gasteiger partial charge in [-0.25, -0.2) is 13.1 Å². The van der Waals surface area contributed by atoms with E-state index in [9.17, 15) is 8.42 Å². The third-order valence-electron chi connectivity index (χ3n) is 3.78. The minimum Gasteiger partial charge on any atom is -0.271 e. The van der Waals surface area contributed by atoms with Crippen molar-refractivity contribution in [3.8, 4) is 10.6 Å². The molecule has 3 heterocycles. The maximum absolute atomic E-state index is 12.6. The van der Waals surface area contributed by atoms with Crippen LogP contribution in [-0.2, 0) is 23.6 Å². The highest BCUT2D eigenvalue weighted by atomic mass is 32.2. The van der Waals surface area contributed by atoms with E-state index in [2.05, 4.69) is 14.8 Å². The van der Waals surface area contributed by atoms with Gasteiger partial charge in [-0.2, -0.15) is 5.10 Å². The Labute approximate surface area is 145 Å². The van der Waals surface area contributed by atoms with Crippen LogP contribution in [0.15, 0.2) is 40.7 Å². The summed E-state index contributed by atoms with van der Waals surface area (Å²) in [6.07, 6.45) is 1.69. The van der Waals surface area contributed by atoms with Gasteiger partial charge in [0, 0.05) is 19.8 Å². The van der Waals surface area contributed by atoms with Crippen molar-refractivity contribution in [2.24, 2.45) is 7.05 Å². The fourth-order valence-corrected chi connectivity index (χ4v) is 4.68. The Hall–Kier alpha value is -2.03. The average Bonchev–Trinajstić information content (AvgIpc) is 3.15. The van der Waals surface area contributed by atoms with E-state index in [0.717, 1.165) is 16.1 Å². The van der Waals surface area contributed by atoms with Gasteiger partial charge >= 0.3 is 0 Å². The van der Waals surface area contributed by atoms with Gasteiger partial charge < -0.3 is 0 Å². The number of hydrogen-bond donors (Lipinski definition) is 1. The van der Waals surface area contributed by atoms with E-state index < -0.39 is 10.0 Å². The van der Waals surface area contributed by atoms with Crippen molar-refractivity contribution in [3.63, 3.8) is 0 Å². The molecule has 24 heavy (non-hydrogen) atoms. The number of rotatable bonds is 5. The van der Waals surface area contributed by atoms with Crippen LogP contribution >= 0.6 is 11.3 Å². The van der Waals surface area contributed by atoms with Crippen molar-refractivity contribution in [2.45, 2.75) is 25.3 Å². The van der Waals surface area contributed by atoms with E-state index in [0.29, 0.717) is 11.4 Å². The number of thiophene rings is 1. The van der Waals surface area contributed by atoms with Crippen molar-refractivity contribution >= 4 is 21.4 Å². The van der Waals surface area contributed by atoms with Crippen LogP contribution in [0.1, 0.15) is 17.0 Å². The lowest BCUT2D eigenvalue weighted by Crippen LogP contribution is -2.24. The molecule has 3 aromatic rings. The summed E-state index contributed by atoms with van der Waals surface area (Å²) in [4.78, 5) is 5.64. The van der Waals surface area contributed by atoms with Gasteiger partial charge in [-0.1, -0.05) is 6.07 Å². The summed E-state index contributed by atoms with van der Waals surface area (Å²) >= 11 is 1.60. The lowest BCUT2D eigenvalue weighted by Gasteiger charge is -2.08. The molecular weight excluding hydrogens is 344 g/mol. The normalized spacial score (nSPS) is 11.8. The van der Waals surface area contributed by atoms with Gasteiger partial charge in [-0.3, -0.25) is 9.67 Å². The minimum atomic E-state index is -3.62. The molecule has 0 aromatic carbocycles. The maximum atomic E-state index is 12.6. The maximum Gasteiger partial charge on any atom is 0.244 e. The zero-order valence-corrected chi connectivity index (χ0v) is 15.3.